The van der Waals surface area contributed by atoms with Crippen LogP contribution in [0, 0.1) is 25.2 Å². The van der Waals surface area contributed by atoms with Gasteiger partial charge in [-0.25, -0.2) is 0 Å². The second kappa shape index (κ2) is 6.96. The standard InChI is InChI=1S/C20H33N/c1-6-21-19(18-13-16(4)9-10-17(18)5)20(14-15(2)3)11-7-8-12-20/h9-10,13,15,19,21H,6-8,11-12,14H2,1-5H3. The zero-order valence-corrected chi connectivity index (χ0v) is 14.6. The number of aryl methyl sites for hydroxylation is 2. The molecule has 1 aliphatic carbocycles. The van der Waals surface area contributed by atoms with Crippen LogP contribution >= 0.6 is 0 Å². The van der Waals surface area contributed by atoms with Crippen LogP contribution in [0.2, 0.25) is 0 Å². The summed E-state index contributed by atoms with van der Waals surface area (Å²) in [6, 6.07) is 7.48. The zero-order valence-electron chi connectivity index (χ0n) is 14.6. The molecule has 0 spiro atoms. The molecule has 1 unspecified atom stereocenters. The highest BCUT2D eigenvalue weighted by Crippen LogP contribution is 2.52. The predicted molar refractivity (Wildman–Crippen MR) is 92.7 cm³/mol. The maximum atomic E-state index is 3.86. The molecule has 0 aromatic heterocycles. The van der Waals surface area contributed by atoms with Gasteiger partial charge in [0.1, 0.15) is 0 Å². The van der Waals surface area contributed by atoms with Crippen molar-refractivity contribution in [3.05, 3.63) is 34.9 Å². The van der Waals surface area contributed by atoms with Crippen molar-refractivity contribution in [2.24, 2.45) is 11.3 Å². The Morgan fingerprint density at radius 1 is 1.14 bits per heavy atom. The van der Waals surface area contributed by atoms with Crippen molar-refractivity contribution >= 4 is 0 Å². The van der Waals surface area contributed by atoms with Crippen LogP contribution < -0.4 is 5.32 Å². The highest BCUT2D eigenvalue weighted by atomic mass is 14.9. The largest absolute Gasteiger partial charge is 0.310 e. The van der Waals surface area contributed by atoms with Gasteiger partial charge in [-0.1, -0.05) is 57.4 Å². The Kier molecular flexibility index (Phi) is 5.48. The summed E-state index contributed by atoms with van der Waals surface area (Å²) < 4.78 is 0. The van der Waals surface area contributed by atoms with Gasteiger partial charge in [-0.3, -0.25) is 0 Å². The summed E-state index contributed by atoms with van der Waals surface area (Å²) in [5.41, 5.74) is 4.83. The molecule has 21 heavy (non-hydrogen) atoms. The van der Waals surface area contributed by atoms with E-state index in [4.69, 9.17) is 0 Å². The van der Waals surface area contributed by atoms with E-state index in [-0.39, 0.29) is 0 Å². The number of hydrogen-bond donors (Lipinski definition) is 1. The second-order valence-electron chi connectivity index (χ2n) is 7.52. The van der Waals surface area contributed by atoms with Crippen molar-refractivity contribution in [1.82, 2.24) is 5.32 Å². The minimum Gasteiger partial charge on any atom is -0.310 e. The van der Waals surface area contributed by atoms with Crippen LogP contribution in [-0.4, -0.2) is 6.54 Å². The van der Waals surface area contributed by atoms with Crippen molar-refractivity contribution < 1.29 is 0 Å². The Morgan fingerprint density at radius 3 is 2.38 bits per heavy atom. The average Bonchev–Trinajstić information content (AvgIpc) is 2.87. The zero-order chi connectivity index (χ0) is 15.5. The summed E-state index contributed by atoms with van der Waals surface area (Å²) in [5.74, 6) is 0.773. The highest BCUT2D eigenvalue weighted by Gasteiger charge is 2.42. The molecular weight excluding hydrogens is 254 g/mol. The lowest BCUT2D eigenvalue weighted by Crippen LogP contribution is -2.38. The molecule has 118 valence electrons. The second-order valence-corrected chi connectivity index (χ2v) is 7.52. The van der Waals surface area contributed by atoms with E-state index in [9.17, 15) is 0 Å². The molecule has 2 rings (SSSR count). The van der Waals surface area contributed by atoms with Crippen molar-refractivity contribution in [3.8, 4) is 0 Å². The Labute approximate surface area is 131 Å². The maximum absolute atomic E-state index is 3.86. The number of rotatable bonds is 6. The fourth-order valence-electron chi connectivity index (χ4n) is 4.43. The van der Waals surface area contributed by atoms with Gasteiger partial charge in [-0.15, -0.1) is 0 Å². The summed E-state index contributed by atoms with van der Waals surface area (Å²) in [6.45, 7) is 12.6. The first kappa shape index (κ1) is 16.5. The molecule has 1 aromatic rings. The van der Waals surface area contributed by atoms with Crippen molar-refractivity contribution in [2.75, 3.05) is 6.54 Å². The minimum atomic E-state index is 0.461. The third kappa shape index (κ3) is 3.69. The van der Waals surface area contributed by atoms with Crippen LogP contribution in [0.25, 0.3) is 0 Å². The first-order valence-corrected chi connectivity index (χ1v) is 8.79. The van der Waals surface area contributed by atoms with Crippen LogP contribution in [0.1, 0.15) is 75.6 Å². The first-order valence-electron chi connectivity index (χ1n) is 8.79. The normalized spacial score (nSPS) is 19.1. The van der Waals surface area contributed by atoms with E-state index < -0.39 is 0 Å². The van der Waals surface area contributed by atoms with Crippen molar-refractivity contribution in [2.45, 2.75) is 72.8 Å². The molecule has 0 aliphatic heterocycles. The highest BCUT2D eigenvalue weighted by molar-refractivity contribution is 5.34. The van der Waals surface area contributed by atoms with E-state index in [1.54, 1.807) is 5.56 Å². The van der Waals surface area contributed by atoms with Crippen LogP contribution in [-0.2, 0) is 0 Å². The lowest BCUT2D eigenvalue weighted by Gasteiger charge is -2.41. The topological polar surface area (TPSA) is 12.0 Å². The smallest absolute Gasteiger partial charge is 0.0379 e. The molecule has 1 N–H and O–H groups in total. The van der Waals surface area contributed by atoms with Gasteiger partial charge in [0.25, 0.3) is 0 Å². The monoisotopic (exact) mass is 287 g/mol. The molecular formula is C20H33N. The molecule has 0 saturated heterocycles. The van der Waals surface area contributed by atoms with Gasteiger partial charge in [0.2, 0.25) is 0 Å². The number of hydrogen-bond acceptors (Lipinski definition) is 1. The molecule has 1 aromatic carbocycles. The van der Waals surface area contributed by atoms with Crippen LogP contribution in [0.5, 0.6) is 0 Å². The van der Waals surface area contributed by atoms with E-state index in [0.717, 1.165) is 12.5 Å². The summed E-state index contributed by atoms with van der Waals surface area (Å²) in [5, 5.41) is 3.86. The first-order chi connectivity index (χ1) is 9.98. The Bertz CT molecular complexity index is 455. The number of benzene rings is 1. The average molecular weight is 287 g/mol. The molecule has 1 atom stereocenters. The van der Waals surface area contributed by atoms with Crippen molar-refractivity contribution in [3.63, 3.8) is 0 Å². The van der Waals surface area contributed by atoms with Gasteiger partial charge in [0.15, 0.2) is 0 Å². The SMILES string of the molecule is CCNC(c1cc(C)ccc1C)C1(CC(C)C)CCCC1. The lowest BCUT2D eigenvalue weighted by atomic mass is 9.69. The van der Waals surface area contributed by atoms with Crippen LogP contribution in [0.15, 0.2) is 18.2 Å². The third-order valence-electron chi connectivity index (χ3n) is 5.18. The van der Waals surface area contributed by atoms with Gasteiger partial charge < -0.3 is 5.32 Å². The third-order valence-corrected chi connectivity index (χ3v) is 5.18. The summed E-state index contributed by atoms with van der Waals surface area (Å²) in [6.07, 6.45) is 6.92. The van der Waals surface area contributed by atoms with E-state index >= 15 is 0 Å². The Balaban J connectivity index is 2.42. The summed E-state index contributed by atoms with van der Waals surface area (Å²) in [4.78, 5) is 0. The van der Waals surface area contributed by atoms with E-state index in [0.29, 0.717) is 11.5 Å². The quantitative estimate of drug-likeness (QED) is 0.722. The maximum Gasteiger partial charge on any atom is 0.0379 e. The molecule has 0 radical (unpaired) electrons. The molecule has 0 bridgehead atoms. The van der Waals surface area contributed by atoms with Crippen LogP contribution in [0.3, 0.4) is 0 Å². The molecule has 1 aliphatic rings. The molecule has 1 heteroatoms. The van der Waals surface area contributed by atoms with Crippen molar-refractivity contribution in [1.29, 1.82) is 0 Å². The van der Waals surface area contributed by atoms with Gasteiger partial charge >= 0.3 is 0 Å². The number of nitrogens with one attached hydrogen (secondary N) is 1. The predicted octanol–water partition coefficient (Wildman–Crippen LogP) is 5.56. The molecule has 1 nitrogen and oxygen atoms in total. The van der Waals surface area contributed by atoms with E-state index in [1.165, 1.54) is 43.2 Å². The van der Waals surface area contributed by atoms with Crippen LogP contribution in [0.4, 0.5) is 0 Å². The molecule has 0 amide bonds. The van der Waals surface area contributed by atoms with Gasteiger partial charge in [-0.2, -0.15) is 0 Å². The minimum absolute atomic E-state index is 0.461. The van der Waals surface area contributed by atoms with Gasteiger partial charge in [-0.05, 0) is 62.1 Å². The Hall–Kier alpha value is -0.820. The fourth-order valence-corrected chi connectivity index (χ4v) is 4.43. The Morgan fingerprint density at radius 2 is 1.81 bits per heavy atom. The van der Waals surface area contributed by atoms with Gasteiger partial charge in [0, 0.05) is 6.04 Å². The fraction of sp³-hybridized carbons (Fsp3) is 0.700. The van der Waals surface area contributed by atoms with E-state index in [2.05, 4.69) is 58.1 Å². The van der Waals surface area contributed by atoms with E-state index in [1.807, 2.05) is 0 Å². The molecule has 1 saturated carbocycles. The summed E-state index contributed by atoms with van der Waals surface area (Å²) >= 11 is 0. The van der Waals surface area contributed by atoms with Gasteiger partial charge in [0.05, 0.1) is 0 Å². The molecule has 1 fully saturated rings. The molecule has 0 heterocycles. The lowest BCUT2D eigenvalue weighted by molar-refractivity contribution is 0.156. The summed E-state index contributed by atoms with van der Waals surface area (Å²) in [7, 11) is 0.